The summed E-state index contributed by atoms with van der Waals surface area (Å²) in [6.07, 6.45) is 0.654. The van der Waals surface area contributed by atoms with Crippen LogP contribution in [0.3, 0.4) is 0 Å². The van der Waals surface area contributed by atoms with Gasteiger partial charge < -0.3 is 19.5 Å². The molecule has 1 N–H and O–H groups in total. The summed E-state index contributed by atoms with van der Waals surface area (Å²) >= 11 is 7.49. The fourth-order valence-corrected chi connectivity index (χ4v) is 4.59. The average Bonchev–Trinajstić information content (AvgIpc) is 2.97. The number of anilines is 1. The van der Waals surface area contributed by atoms with Gasteiger partial charge in [0.15, 0.2) is 0 Å². The molecular weight excluding hydrogens is 410 g/mol. The molecule has 1 aliphatic heterocycles. The predicted octanol–water partition coefficient (Wildman–Crippen LogP) is 5.74. The molecule has 7 heteroatoms. The van der Waals surface area contributed by atoms with Gasteiger partial charge in [-0.3, -0.25) is 0 Å². The van der Waals surface area contributed by atoms with E-state index in [1.807, 2.05) is 32.9 Å². The quantitative estimate of drug-likeness (QED) is 0.562. The van der Waals surface area contributed by atoms with Gasteiger partial charge in [0.25, 0.3) is 0 Å². The fourth-order valence-electron chi connectivity index (χ4n) is 3.20. The minimum atomic E-state index is -0.326. The van der Waals surface area contributed by atoms with Crippen LogP contribution in [0.5, 0.6) is 5.75 Å². The summed E-state index contributed by atoms with van der Waals surface area (Å²) in [7, 11) is 0. The molecule has 0 bridgehead atoms. The van der Waals surface area contributed by atoms with E-state index in [-0.39, 0.29) is 18.2 Å². The van der Waals surface area contributed by atoms with Crippen LogP contribution >= 0.6 is 22.9 Å². The molecule has 0 unspecified atom stereocenters. The van der Waals surface area contributed by atoms with Crippen molar-refractivity contribution in [2.24, 2.45) is 0 Å². The molecule has 0 saturated heterocycles. The van der Waals surface area contributed by atoms with Crippen LogP contribution in [0.4, 0.5) is 5.00 Å². The van der Waals surface area contributed by atoms with Crippen molar-refractivity contribution >= 4 is 33.9 Å². The topological polar surface area (TPSA) is 56.8 Å². The lowest BCUT2D eigenvalue weighted by atomic mass is 9.93. The van der Waals surface area contributed by atoms with Crippen LogP contribution < -0.4 is 10.1 Å². The molecule has 2 aromatic rings. The second kappa shape index (κ2) is 8.78. The maximum absolute atomic E-state index is 12.7. The largest absolute Gasteiger partial charge is 0.487 e. The summed E-state index contributed by atoms with van der Waals surface area (Å²) < 4.78 is 17.1. The van der Waals surface area contributed by atoms with Crippen molar-refractivity contribution in [1.82, 2.24) is 0 Å². The zero-order valence-electron chi connectivity index (χ0n) is 17.2. The molecule has 0 aliphatic carbocycles. The molecule has 1 aromatic carbocycles. The molecule has 1 aromatic heterocycles. The molecule has 0 saturated carbocycles. The van der Waals surface area contributed by atoms with E-state index in [4.69, 9.17) is 25.8 Å². The fraction of sp³-hybridized carbons (Fsp3) is 0.409. The normalized spacial score (nSPS) is 14.8. The third-order valence-corrected chi connectivity index (χ3v) is 5.95. The number of hydrogen-bond donors (Lipinski definition) is 1. The van der Waals surface area contributed by atoms with Crippen molar-refractivity contribution in [1.29, 1.82) is 0 Å². The van der Waals surface area contributed by atoms with Gasteiger partial charge in [-0.15, -0.1) is 11.3 Å². The Morgan fingerprint density at radius 2 is 2.17 bits per heavy atom. The van der Waals surface area contributed by atoms with E-state index in [2.05, 4.69) is 11.9 Å². The maximum Gasteiger partial charge on any atom is 0.341 e. The minimum Gasteiger partial charge on any atom is -0.487 e. The smallest absolute Gasteiger partial charge is 0.341 e. The van der Waals surface area contributed by atoms with Crippen molar-refractivity contribution in [3.05, 3.63) is 57.1 Å². The Morgan fingerprint density at radius 1 is 1.41 bits per heavy atom. The second-order valence-electron chi connectivity index (χ2n) is 7.58. The van der Waals surface area contributed by atoms with E-state index in [9.17, 15) is 4.79 Å². The van der Waals surface area contributed by atoms with E-state index in [1.54, 1.807) is 13.0 Å². The van der Waals surface area contributed by atoms with E-state index in [1.165, 1.54) is 11.3 Å². The molecule has 0 spiro atoms. The summed E-state index contributed by atoms with van der Waals surface area (Å²) in [5, 5.41) is 4.64. The molecule has 156 valence electrons. The first-order valence-electron chi connectivity index (χ1n) is 9.49. The summed E-state index contributed by atoms with van der Waals surface area (Å²) in [5.41, 5.74) is 2.84. The molecule has 2 heterocycles. The van der Waals surface area contributed by atoms with Crippen LogP contribution in [0, 0.1) is 6.92 Å². The SMILES string of the molecule is C=C(COc1ccc(Cl)cc1C)Nc1sc2c(c1C(=O)OCC)CC(C)(C)OC2. The summed E-state index contributed by atoms with van der Waals surface area (Å²) in [6.45, 7) is 12.9. The third-order valence-electron chi connectivity index (χ3n) is 4.60. The molecule has 29 heavy (non-hydrogen) atoms. The lowest BCUT2D eigenvalue weighted by molar-refractivity contribution is -0.0384. The van der Waals surface area contributed by atoms with Crippen molar-refractivity contribution in [2.75, 3.05) is 18.5 Å². The van der Waals surface area contributed by atoms with Crippen molar-refractivity contribution < 1.29 is 19.0 Å². The van der Waals surface area contributed by atoms with Gasteiger partial charge in [0.1, 0.15) is 17.4 Å². The summed E-state index contributed by atoms with van der Waals surface area (Å²) in [6, 6.07) is 5.47. The van der Waals surface area contributed by atoms with Crippen LogP contribution in [0.2, 0.25) is 5.02 Å². The summed E-state index contributed by atoms with van der Waals surface area (Å²) in [5.74, 6) is 0.413. The molecule has 0 fully saturated rings. The highest BCUT2D eigenvalue weighted by atomic mass is 35.5. The molecule has 1 aliphatic rings. The first-order chi connectivity index (χ1) is 13.7. The lowest BCUT2D eigenvalue weighted by Crippen LogP contribution is -2.32. The zero-order valence-corrected chi connectivity index (χ0v) is 18.8. The van der Waals surface area contributed by atoms with Crippen LogP contribution in [-0.4, -0.2) is 24.8 Å². The molecule has 0 atom stereocenters. The predicted molar refractivity (Wildman–Crippen MR) is 117 cm³/mol. The van der Waals surface area contributed by atoms with E-state index >= 15 is 0 Å². The van der Waals surface area contributed by atoms with Gasteiger partial charge in [-0.1, -0.05) is 18.2 Å². The van der Waals surface area contributed by atoms with E-state index < -0.39 is 0 Å². The highest BCUT2D eigenvalue weighted by molar-refractivity contribution is 7.16. The van der Waals surface area contributed by atoms with Crippen LogP contribution in [0.15, 0.2) is 30.5 Å². The number of ether oxygens (including phenoxy) is 3. The molecule has 0 amide bonds. The van der Waals surface area contributed by atoms with Gasteiger partial charge in [-0.25, -0.2) is 4.79 Å². The number of nitrogens with one attached hydrogen (secondary N) is 1. The van der Waals surface area contributed by atoms with Gasteiger partial charge >= 0.3 is 5.97 Å². The van der Waals surface area contributed by atoms with E-state index in [0.717, 1.165) is 26.8 Å². The lowest BCUT2D eigenvalue weighted by Gasteiger charge is -2.30. The molecule has 3 rings (SSSR count). The van der Waals surface area contributed by atoms with Crippen molar-refractivity contribution in [2.45, 2.75) is 46.3 Å². The summed E-state index contributed by atoms with van der Waals surface area (Å²) in [4.78, 5) is 13.7. The van der Waals surface area contributed by atoms with Gasteiger partial charge in [-0.05, 0) is 57.0 Å². The van der Waals surface area contributed by atoms with Crippen molar-refractivity contribution in [3.8, 4) is 5.75 Å². The number of esters is 1. The van der Waals surface area contributed by atoms with E-state index in [0.29, 0.717) is 35.9 Å². The Labute approximate surface area is 180 Å². The first-order valence-corrected chi connectivity index (χ1v) is 10.7. The number of hydrogen-bond acceptors (Lipinski definition) is 6. The average molecular weight is 436 g/mol. The highest BCUT2D eigenvalue weighted by Crippen LogP contribution is 2.41. The van der Waals surface area contributed by atoms with Gasteiger partial charge in [0.05, 0.1) is 24.4 Å². The highest BCUT2D eigenvalue weighted by Gasteiger charge is 2.34. The molecule has 5 nitrogen and oxygen atoms in total. The number of rotatable bonds is 7. The van der Waals surface area contributed by atoms with Gasteiger partial charge in [0, 0.05) is 22.0 Å². The van der Waals surface area contributed by atoms with Crippen LogP contribution in [-0.2, 0) is 22.5 Å². The monoisotopic (exact) mass is 435 g/mol. The van der Waals surface area contributed by atoms with Gasteiger partial charge in [0.2, 0.25) is 0 Å². The standard InChI is InChI=1S/C22H26ClNO4S/c1-6-26-21(25)19-16-10-22(4,5)28-12-18(16)29-20(19)24-14(3)11-27-17-8-7-15(23)9-13(17)2/h7-9,24H,3,6,10-12H2,1-2,4-5H3. The second-order valence-corrected chi connectivity index (χ2v) is 9.12. The first kappa shape index (κ1) is 21.7. The van der Waals surface area contributed by atoms with Crippen molar-refractivity contribution in [3.63, 3.8) is 0 Å². The van der Waals surface area contributed by atoms with Gasteiger partial charge in [-0.2, -0.15) is 0 Å². The molecule has 0 radical (unpaired) electrons. The number of carbonyl (C=O) groups excluding carboxylic acids is 1. The number of thiophene rings is 1. The number of carbonyl (C=O) groups is 1. The Bertz CT molecular complexity index is 935. The third kappa shape index (κ3) is 5.13. The Balaban J connectivity index is 1.78. The maximum atomic E-state index is 12.7. The Morgan fingerprint density at radius 3 is 2.86 bits per heavy atom. The number of benzene rings is 1. The molecular formula is C22H26ClNO4S. The Kier molecular flexibility index (Phi) is 6.56. The van der Waals surface area contributed by atoms with Crippen LogP contribution in [0.25, 0.3) is 0 Å². The number of fused-ring (bicyclic) bond motifs is 1. The van der Waals surface area contributed by atoms with Crippen LogP contribution in [0.1, 0.15) is 47.1 Å². The zero-order chi connectivity index (χ0) is 21.2. The minimum absolute atomic E-state index is 0.259. The number of aryl methyl sites for hydroxylation is 1. The Hall–Kier alpha value is -2.02. The number of halogens is 1.